The van der Waals surface area contributed by atoms with Crippen LogP contribution in [0.4, 0.5) is 0 Å². The van der Waals surface area contributed by atoms with E-state index in [1.807, 2.05) is 11.8 Å². The van der Waals surface area contributed by atoms with E-state index in [0.717, 1.165) is 0 Å². The van der Waals surface area contributed by atoms with Gasteiger partial charge >= 0.3 is 0 Å². The molecule has 0 bridgehead atoms. The number of nitrogens with one attached hydrogen (secondary N) is 1. The predicted octanol–water partition coefficient (Wildman–Crippen LogP) is 3.34. The van der Waals surface area contributed by atoms with Crippen molar-refractivity contribution in [3.63, 3.8) is 0 Å². The highest BCUT2D eigenvalue weighted by molar-refractivity contribution is 8.00. The Morgan fingerprint density at radius 1 is 1.59 bits per heavy atom. The Balaban J connectivity index is 1.94. The molecule has 0 spiro atoms. The Kier molecular flexibility index (Phi) is 4.05. The molecule has 0 atom stereocenters. The Morgan fingerprint density at radius 2 is 2.29 bits per heavy atom. The average molecular weight is 274 g/mol. The fourth-order valence-electron chi connectivity index (χ4n) is 2.26. The van der Waals surface area contributed by atoms with Crippen molar-refractivity contribution in [3.8, 4) is 0 Å². The number of thioether (sulfide) groups is 1. The van der Waals surface area contributed by atoms with Crippen LogP contribution in [0, 0.1) is 0 Å². The Hall–Kier alpha value is -0.610. The maximum atomic E-state index is 11.9. The lowest BCUT2D eigenvalue weighted by Gasteiger charge is -2.26. The van der Waals surface area contributed by atoms with E-state index in [1.165, 1.54) is 31.9 Å². The highest BCUT2D eigenvalue weighted by atomic mass is 35.5. The molecular formula is C12H16ClNO2S. The number of rotatable bonds is 4. The molecule has 0 aromatic carbocycles. The highest BCUT2D eigenvalue weighted by Crippen LogP contribution is 2.39. The fourth-order valence-corrected chi connectivity index (χ4v) is 3.38. The second kappa shape index (κ2) is 5.36. The van der Waals surface area contributed by atoms with Gasteiger partial charge < -0.3 is 9.73 Å². The molecule has 17 heavy (non-hydrogen) atoms. The van der Waals surface area contributed by atoms with Crippen LogP contribution in [0.2, 0.25) is 5.22 Å². The number of hydrogen-bond donors (Lipinski definition) is 1. The zero-order chi connectivity index (χ0) is 12.3. The van der Waals surface area contributed by atoms with Gasteiger partial charge in [0.05, 0.1) is 11.8 Å². The molecule has 2 rings (SSSR count). The van der Waals surface area contributed by atoms with E-state index in [9.17, 15) is 4.79 Å². The van der Waals surface area contributed by atoms with Gasteiger partial charge in [0.1, 0.15) is 0 Å². The molecule has 3 nitrogen and oxygen atoms in total. The van der Waals surface area contributed by atoms with Crippen LogP contribution in [0.3, 0.4) is 0 Å². The molecule has 0 saturated heterocycles. The molecule has 1 aliphatic carbocycles. The van der Waals surface area contributed by atoms with E-state index >= 15 is 0 Å². The highest BCUT2D eigenvalue weighted by Gasteiger charge is 2.33. The smallest absolute Gasteiger partial charge is 0.256 e. The lowest BCUT2D eigenvalue weighted by atomic mass is 10.1. The van der Waals surface area contributed by atoms with Gasteiger partial charge in [-0.15, -0.1) is 0 Å². The summed E-state index contributed by atoms with van der Waals surface area (Å²) in [5.74, 6) is -0.149. The number of carbonyl (C=O) groups is 1. The molecule has 1 amide bonds. The largest absolute Gasteiger partial charge is 0.452 e. The molecule has 1 saturated carbocycles. The van der Waals surface area contributed by atoms with Crippen LogP contribution < -0.4 is 5.32 Å². The molecule has 94 valence electrons. The summed E-state index contributed by atoms with van der Waals surface area (Å²) in [7, 11) is 0. The third-order valence-corrected chi connectivity index (χ3v) is 5.09. The van der Waals surface area contributed by atoms with Gasteiger partial charge in [0, 0.05) is 11.3 Å². The van der Waals surface area contributed by atoms with Gasteiger partial charge in [-0.1, -0.05) is 12.8 Å². The third-order valence-electron chi connectivity index (χ3n) is 3.38. The standard InChI is InChI=1S/C12H16ClNO2S/c1-17-12(5-2-3-6-12)8-14-11(15)9-4-7-16-10(9)13/h4,7H,2-3,5-6,8H2,1H3,(H,14,15). The van der Waals surface area contributed by atoms with E-state index in [0.29, 0.717) is 12.1 Å². The minimum Gasteiger partial charge on any atom is -0.452 e. The van der Waals surface area contributed by atoms with Gasteiger partial charge in [-0.2, -0.15) is 11.8 Å². The van der Waals surface area contributed by atoms with E-state index < -0.39 is 0 Å². The van der Waals surface area contributed by atoms with Crippen molar-refractivity contribution in [3.05, 3.63) is 23.1 Å². The number of amides is 1. The summed E-state index contributed by atoms with van der Waals surface area (Å²) in [6, 6.07) is 1.60. The molecule has 1 N–H and O–H groups in total. The molecule has 5 heteroatoms. The van der Waals surface area contributed by atoms with Crippen LogP contribution in [0.15, 0.2) is 16.7 Å². The topological polar surface area (TPSA) is 42.2 Å². The average Bonchev–Trinajstić information content (AvgIpc) is 2.95. The quantitative estimate of drug-likeness (QED) is 0.915. The van der Waals surface area contributed by atoms with Gasteiger partial charge in [0.15, 0.2) is 0 Å². The van der Waals surface area contributed by atoms with Crippen molar-refractivity contribution in [2.75, 3.05) is 12.8 Å². The van der Waals surface area contributed by atoms with Crippen molar-refractivity contribution in [2.24, 2.45) is 0 Å². The van der Waals surface area contributed by atoms with Crippen molar-refractivity contribution < 1.29 is 9.21 Å². The van der Waals surface area contributed by atoms with Gasteiger partial charge in [-0.25, -0.2) is 0 Å². The van der Waals surface area contributed by atoms with Gasteiger partial charge in [0.25, 0.3) is 5.91 Å². The first-order chi connectivity index (χ1) is 8.17. The molecular weight excluding hydrogens is 258 g/mol. The van der Waals surface area contributed by atoms with Crippen LogP contribution >= 0.6 is 23.4 Å². The van der Waals surface area contributed by atoms with Crippen LogP contribution in [-0.4, -0.2) is 23.5 Å². The Labute approximate surface area is 110 Å². The summed E-state index contributed by atoms with van der Waals surface area (Å²) >= 11 is 7.62. The Morgan fingerprint density at radius 3 is 2.82 bits per heavy atom. The summed E-state index contributed by atoms with van der Waals surface area (Å²) in [5.41, 5.74) is 0.418. The lowest BCUT2D eigenvalue weighted by Crippen LogP contribution is -2.38. The SMILES string of the molecule is CSC1(CNC(=O)c2ccoc2Cl)CCCC1. The van der Waals surface area contributed by atoms with E-state index in [2.05, 4.69) is 11.6 Å². The normalized spacial score (nSPS) is 18.2. The van der Waals surface area contributed by atoms with Crippen molar-refractivity contribution in [1.82, 2.24) is 5.32 Å². The predicted molar refractivity (Wildman–Crippen MR) is 70.8 cm³/mol. The van der Waals surface area contributed by atoms with E-state index in [4.69, 9.17) is 16.0 Å². The second-order valence-electron chi connectivity index (χ2n) is 4.38. The minimum atomic E-state index is -0.149. The summed E-state index contributed by atoms with van der Waals surface area (Å²) in [6.07, 6.45) is 8.40. The third kappa shape index (κ3) is 2.80. The molecule has 0 radical (unpaired) electrons. The maximum Gasteiger partial charge on any atom is 0.256 e. The van der Waals surface area contributed by atoms with Crippen molar-refractivity contribution in [2.45, 2.75) is 30.4 Å². The number of halogens is 1. The molecule has 0 unspecified atom stereocenters. The van der Waals surface area contributed by atoms with Gasteiger partial charge in [0.2, 0.25) is 5.22 Å². The monoisotopic (exact) mass is 273 g/mol. The minimum absolute atomic E-state index is 0.149. The molecule has 1 aromatic rings. The Bertz CT molecular complexity index is 399. The van der Waals surface area contributed by atoms with Crippen molar-refractivity contribution >= 4 is 29.3 Å². The van der Waals surface area contributed by atoms with Crippen LogP contribution in [0.25, 0.3) is 0 Å². The summed E-state index contributed by atoms with van der Waals surface area (Å²) in [6.45, 7) is 0.703. The number of carbonyl (C=O) groups excluding carboxylic acids is 1. The van der Waals surface area contributed by atoms with Gasteiger partial charge in [-0.05, 0) is 36.8 Å². The van der Waals surface area contributed by atoms with E-state index in [1.54, 1.807) is 6.07 Å². The summed E-state index contributed by atoms with van der Waals surface area (Å²) < 4.78 is 5.12. The zero-order valence-corrected chi connectivity index (χ0v) is 11.4. The first-order valence-corrected chi connectivity index (χ1v) is 7.33. The molecule has 1 fully saturated rings. The lowest BCUT2D eigenvalue weighted by molar-refractivity contribution is 0.0949. The summed E-state index contributed by atoms with van der Waals surface area (Å²) in [4.78, 5) is 11.9. The number of furan rings is 1. The van der Waals surface area contributed by atoms with Crippen LogP contribution in [-0.2, 0) is 0 Å². The molecule has 1 aromatic heterocycles. The summed E-state index contributed by atoms with van der Waals surface area (Å²) in [5, 5.41) is 3.11. The van der Waals surface area contributed by atoms with E-state index in [-0.39, 0.29) is 15.9 Å². The number of hydrogen-bond acceptors (Lipinski definition) is 3. The first kappa shape index (κ1) is 12.8. The molecule has 0 aliphatic heterocycles. The van der Waals surface area contributed by atoms with Crippen LogP contribution in [0.5, 0.6) is 0 Å². The van der Waals surface area contributed by atoms with Crippen LogP contribution in [0.1, 0.15) is 36.0 Å². The zero-order valence-electron chi connectivity index (χ0n) is 9.79. The van der Waals surface area contributed by atoms with Gasteiger partial charge in [-0.3, -0.25) is 4.79 Å². The van der Waals surface area contributed by atoms with Crippen molar-refractivity contribution in [1.29, 1.82) is 0 Å². The second-order valence-corrected chi connectivity index (χ2v) is 6.00. The maximum absolute atomic E-state index is 11.9. The first-order valence-electron chi connectivity index (χ1n) is 5.73. The molecule has 1 heterocycles. The fraction of sp³-hybridized carbons (Fsp3) is 0.583. The molecule has 1 aliphatic rings.